The molecule has 5 heteroatoms. The first-order chi connectivity index (χ1) is 8.72. The Balaban J connectivity index is 2.17. The maximum absolute atomic E-state index is 6.17. The van der Waals surface area contributed by atoms with E-state index in [4.69, 9.17) is 23.2 Å². The monoisotopic (exact) mass is 281 g/mol. The molecule has 0 amide bonds. The van der Waals surface area contributed by atoms with Gasteiger partial charge in [0.05, 0.1) is 5.88 Å². The van der Waals surface area contributed by atoms with Crippen LogP contribution in [0.4, 0.5) is 0 Å². The van der Waals surface area contributed by atoms with Gasteiger partial charge in [-0.25, -0.2) is 0 Å². The van der Waals surface area contributed by atoms with Gasteiger partial charge in [0, 0.05) is 16.6 Å². The number of alkyl halides is 1. The lowest BCUT2D eigenvalue weighted by Gasteiger charge is -2.10. The van der Waals surface area contributed by atoms with E-state index in [0.29, 0.717) is 11.9 Å². The minimum absolute atomic E-state index is 0.392. The molecule has 0 atom stereocenters. The van der Waals surface area contributed by atoms with Crippen molar-refractivity contribution < 1.29 is 0 Å². The highest BCUT2D eigenvalue weighted by Crippen LogP contribution is 2.40. The molecule has 0 bridgehead atoms. The maximum Gasteiger partial charge on any atom is 0.164 e. The van der Waals surface area contributed by atoms with Crippen LogP contribution in [0.1, 0.15) is 30.3 Å². The van der Waals surface area contributed by atoms with Crippen molar-refractivity contribution in [3.8, 4) is 11.4 Å². The van der Waals surface area contributed by atoms with Crippen molar-refractivity contribution in [1.29, 1.82) is 0 Å². The number of nitrogens with zero attached hydrogens (tertiary/aromatic N) is 3. The van der Waals surface area contributed by atoms with Crippen molar-refractivity contribution in [2.45, 2.75) is 31.7 Å². The topological polar surface area (TPSA) is 30.7 Å². The molecule has 0 aliphatic heterocycles. The molecule has 1 fully saturated rings. The molecule has 2 aromatic rings. The molecule has 1 aliphatic carbocycles. The zero-order chi connectivity index (χ0) is 12.7. The third kappa shape index (κ3) is 1.91. The summed E-state index contributed by atoms with van der Waals surface area (Å²) in [5.74, 6) is 2.12. The van der Waals surface area contributed by atoms with Gasteiger partial charge in [-0.05, 0) is 31.4 Å². The summed E-state index contributed by atoms with van der Waals surface area (Å²) in [6.45, 7) is 2.00. The van der Waals surface area contributed by atoms with Crippen molar-refractivity contribution in [2.24, 2.45) is 0 Å². The highest BCUT2D eigenvalue weighted by atomic mass is 35.5. The van der Waals surface area contributed by atoms with Crippen molar-refractivity contribution in [1.82, 2.24) is 14.8 Å². The van der Waals surface area contributed by atoms with Crippen LogP contribution in [0.2, 0.25) is 5.02 Å². The lowest BCUT2D eigenvalue weighted by Crippen LogP contribution is -2.02. The molecule has 0 spiro atoms. The second-order valence-corrected chi connectivity index (χ2v) is 5.26. The summed E-state index contributed by atoms with van der Waals surface area (Å²) in [4.78, 5) is 0. The van der Waals surface area contributed by atoms with Crippen LogP contribution in [0.25, 0.3) is 11.4 Å². The van der Waals surface area contributed by atoms with Gasteiger partial charge in [0.1, 0.15) is 5.82 Å². The zero-order valence-electron chi connectivity index (χ0n) is 10.0. The Bertz CT molecular complexity index is 588. The third-order valence-corrected chi connectivity index (χ3v) is 3.96. The van der Waals surface area contributed by atoms with E-state index in [-0.39, 0.29) is 0 Å². The molecule has 3 nitrogen and oxygen atoms in total. The second kappa shape index (κ2) is 4.56. The van der Waals surface area contributed by atoms with Gasteiger partial charge < -0.3 is 4.57 Å². The van der Waals surface area contributed by atoms with Gasteiger partial charge >= 0.3 is 0 Å². The van der Waals surface area contributed by atoms with Crippen molar-refractivity contribution in [3.63, 3.8) is 0 Å². The zero-order valence-corrected chi connectivity index (χ0v) is 11.5. The second-order valence-electron chi connectivity index (χ2n) is 4.59. The van der Waals surface area contributed by atoms with Crippen LogP contribution < -0.4 is 0 Å². The molecule has 1 saturated carbocycles. The molecule has 0 N–H and O–H groups in total. The van der Waals surface area contributed by atoms with Crippen LogP contribution in [-0.2, 0) is 5.88 Å². The molecule has 3 rings (SSSR count). The SMILES string of the molecule is Cc1c(Cl)cccc1-c1nnc(CCl)n1C1CC1. The van der Waals surface area contributed by atoms with Crippen LogP contribution in [0.15, 0.2) is 18.2 Å². The largest absolute Gasteiger partial charge is 0.307 e. The van der Waals surface area contributed by atoms with Gasteiger partial charge in [-0.3, -0.25) is 0 Å². The average Bonchev–Trinajstić information content (AvgIpc) is 3.12. The molecular formula is C13H13Cl2N3. The molecular weight excluding hydrogens is 269 g/mol. The lowest BCUT2D eigenvalue weighted by atomic mass is 10.1. The van der Waals surface area contributed by atoms with Crippen molar-refractivity contribution in [3.05, 3.63) is 34.6 Å². The van der Waals surface area contributed by atoms with Gasteiger partial charge in [-0.1, -0.05) is 23.7 Å². The highest BCUT2D eigenvalue weighted by Gasteiger charge is 2.30. The third-order valence-electron chi connectivity index (χ3n) is 3.31. The summed E-state index contributed by atoms with van der Waals surface area (Å²) in [6.07, 6.45) is 2.35. The summed E-state index contributed by atoms with van der Waals surface area (Å²) < 4.78 is 2.16. The normalized spacial score (nSPS) is 15.1. The minimum atomic E-state index is 0.392. The molecule has 0 unspecified atom stereocenters. The number of benzene rings is 1. The smallest absolute Gasteiger partial charge is 0.164 e. The highest BCUT2D eigenvalue weighted by molar-refractivity contribution is 6.31. The van der Waals surface area contributed by atoms with E-state index >= 15 is 0 Å². The van der Waals surface area contributed by atoms with E-state index in [9.17, 15) is 0 Å². The summed E-state index contributed by atoms with van der Waals surface area (Å²) in [6, 6.07) is 6.36. The summed E-state index contributed by atoms with van der Waals surface area (Å²) in [5.41, 5.74) is 2.08. The Kier molecular flexibility index (Phi) is 3.04. The minimum Gasteiger partial charge on any atom is -0.307 e. The maximum atomic E-state index is 6.17. The molecule has 1 aromatic carbocycles. The quantitative estimate of drug-likeness (QED) is 0.797. The first-order valence-corrected chi connectivity index (χ1v) is 6.89. The standard InChI is InChI=1S/C13H13Cl2N3/c1-8-10(3-2-4-11(8)15)13-17-16-12(7-14)18(13)9-5-6-9/h2-4,9H,5-7H2,1H3. The molecule has 1 aromatic heterocycles. The molecule has 94 valence electrons. The predicted octanol–water partition coefficient (Wildman–Crippen LogP) is 3.98. The molecule has 1 heterocycles. The molecule has 18 heavy (non-hydrogen) atoms. The Morgan fingerprint density at radius 2 is 2.11 bits per heavy atom. The Hall–Kier alpha value is -1.06. The molecule has 1 aliphatic rings. The van der Waals surface area contributed by atoms with Gasteiger partial charge in [0.15, 0.2) is 5.82 Å². The Morgan fingerprint density at radius 3 is 2.78 bits per heavy atom. The fourth-order valence-electron chi connectivity index (χ4n) is 2.16. The Morgan fingerprint density at radius 1 is 1.33 bits per heavy atom. The Labute approximate surface area is 116 Å². The van der Waals surface area contributed by atoms with Gasteiger partial charge in [-0.15, -0.1) is 21.8 Å². The van der Waals surface area contributed by atoms with Crippen LogP contribution in [0, 0.1) is 6.92 Å². The number of hydrogen-bond donors (Lipinski definition) is 0. The van der Waals surface area contributed by atoms with Crippen LogP contribution in [0.5, 0.6) is 0 Å². The van der Waals surface area contributed by atoms with Crippen LogP contribution in [0.3, 0.4) is 0 Å². The summed E-state index contributed by atoms with van der Waals surface area (Å²) in [5, 5.41) is 9.23. The predicted molar refractivity (Wildman–Crippen MR) is 73.0 cm³/mol. The van der Waals surface area contributed by atoms with Gasteiger partial charge in [0.25, 0.3) is 0 Å². The van der Waals surface area contributed by atoms with Gasteiger partial charge in [0.2, 0.25) is 0 Å². The first-order valence-electron chi connectivity index (χ1n) is 5.97. The van der Waals surface area contributed by atoms with Crippen LogP contribution >= 0.6 is 23.2 Å². The van der Waals surface area contributed by atoms with Crippen molar-refractivity contribution in [2.75, 3.05) is 0 Å². The van der Waals surface area contributed by atoms with E-state index in [1.54, 1.807) is 0 Å². The lowest BCUT2D eigenvalue weighted by molar-refractivity contribution is 0.711. The summed E-state index contributed by atoms with van der Waals surface area (Å²) >= 11 is 12.1. The number of hydrogen-bond acceptors (Lipinski definition) is 2. The van der Waals surface area contributed by atoms with Crippen molar-refractivity contribution >= 4 is 23.2 Å². The van der Waals surface area contributed by atoms with E-state index in [0.717, 1.165) is 27.8 Å². The molecule has 0 saturated heterocycles. The van der Waals surface area contributed by atoms with E-state index in [1.165, 1.54) is 12.8 Å². The molecule has 0 radical (unpaired) electrons. The summed E-state index contributed by atoms with van der Waals surface area (Å²) in [7, 11) is 0. The van der Waals surface area contributed by atoms with Gasteiger partial charge in [-0.2, -0.15) is 0 Å². The van der Waals surface area contributed by atoms with E-state index in [2.05, 4.69) is 14.8 Å². The van der Waals surface area contributed by atoms with E-state index in [1.807, 2.05) is 25.1 Å². The fraction of sp³-hybridized carbons (Fsp3) is 0.385. The van der Waals surface area contributed by atoms with Crippen LogP contribution in [-0.4, -0.2) is 14.8 Å². The first kappa shape index (κ1) is 12.0. The number of aromatic nitrogens is 3. The number of rotatable bonds is 3. The fourth-order valence-corrected chi connectivity index (χ4v) is 2.52. The number of halogens is 2. The average molecular weight is 282 g/mol. The van der Waals surface area contributed by atoms with E-state index < -0.39 is 0 Å².